The maximum absolute atomic E-state index is 12.1. The van der Waals surface area contributed by atoms with Gasteiger partial charge in [0, 0.05) is 23.6 Å². The van der Waals surface area contributed by atoms with Crippen LogP contribution in [-0.2, 0) is 4.79 Å². The van der Waals surface area contributed by atoms with E-state index in [2.05, 4.69) is 0 Å². The van der Waals surface area contributed by atoms with Crippen molar-refractivity contribution in [1.29, 1.82) is 0 Å². The Morgan fingerprint density at radius 3 is 2.65 bits per heavy atom. The third-order valence-electron chi connectivity index (χ3n) is 3.65. The van der Waals surface area contributed by atoms with Gasteiger partial charge in [0.2, 0.25) is 5.91 Å². The van der Waals surface area contributed by atoms with Gasteiger partial charge in [-0.15, -0.1) is 0 Å². The molecule has 1 fully saturated rings. The molecule has 0 saturated carbocycles. The Morgan fingerprint density at radius 1 is 1.00 bits per heavy atom. The van der Waals surface area contributed by atoms with Crippen molar-refractivity contribution in [2.24, 2.45) is 0 Å². The van der Waals surface area contributed by atoms with Gasteiger partial charge < -0.3 is 4.90 Å². The summed E-state index contributed by atoms with van der Waals surface area (Å²) in [4.78, 5) is 14.0. The molecule has 0 radical (unpaired) electrons. The van der Waals surface area contributed by atoms with Gasteiger partial charge in [0.15, 0.2) is 0 Å². The van der Waals surface area contributed by atoms with E-state index in [4.69, 9.17) is 11.6 Å². The average molecular weight is 286 g/mol. The quantitative estimate of drug-likeness (QED) is 0.794. The highest BCUT2D eigenvalue weighted by Gasteiger charge is 2.21. The zero-order chi connectivity index (χ0) is 13.9. The molecule has 0 N–H and O–H groups in total. The summed E-state index contributed by atoms with van der Waals surface area (Å²) in [5, 5.41) is 0.710. The van der Waals surface area contributed by atoms with Gasteiger partial charge in [0.25, 0.3) is 0 Å². The largest absolute Gasteiger partial charge is 0.312 e. The molecule has 0 aromatic heterocycles. The lowest BCUT2D eigenvalue weighted by molar-refractivity contribution is -0.119. The molecule has 1 amide bonds. The van der Waals surface area contributed by atoms with Gasteiger partial charge >= 0.3 is 0 Å². The summed E-state index contributed by atoms with van der Waals surface area (Å²) < 4.78 is 0. The van der Waals surface area contributed by atoms with Gasteiger partial charge in [0.05, 0.1) is 5.69 Å². The van der Waals surface area contributed by atoms with Crippen LogP contribution in [0.4, 0.5) is 5.69 Å². The second kappa shape index (κ2) is 5.68. The highest BCUT2D eigenvalue weighted by atomic mass is 35.5. The lowest BCUT2D eigenvalue weighted by Crippen LogP contribution is -2.35. The Kier molecular flexibility index (Phi) is 3.75. The Labute approximate surface area is 124 Å². The zero-order valence-corrected chi connectivity index (χ0v) is 11.9. The smallest absolute Gasteiger partial charge is 0.226 e. The number of hydrogen-bond donors (Lipinski definition) is 0. The molecular weight excluding hydrogens is 270 g/mol. The minimum atomic E-state index is 0.214. The van der Waals surface area contributed by atoms with E-state index in [0.29, 0.717) is 11.4 Å². The average Bonchev–Trinajstić information content (AvgIpc) is 2.48. The lowest BCUT2D eigenvalue weighted by Gasteiger charge is -2.28. The van der Waals surface area contributed by atoms with Crippen molar-refractivity contribution < 1.29 is 4.79 Å². The fourth-order valence-corrected chi connectivity index (χ4v) is 2.86. The topological polar surface area (TPSA) is 20.3 Å². The van der Waals surface area contributed by atoms with E-state index < -0.39 is 0 Å². The summed E-state index contributed by atoms with van der Waals surface area (Å²) in [6.07, 6.45) is 2.70. The number of amides is 1. The van der Waals surface area contributed by atoms with Crippen LogP contribution in [0.2, 0.25) is 5.02 Å². The molecule has 3 heteroatoms. The number of anilines is 1. The van der Waals surface area contributed by atoms with E-state index >= 15 is 0 Å². The van der Waals surface area contributed by atoms with Gasteiger partial charge in [-0.05, 0) is 36.6 Å². The molecule has 1 saturated heterocycles. The molecule has 0 atom stereocenters. The number of hydrogen-bond acceptors (Lipinski definition) is 1. The molecule has 0 aliphatic carbocycles. The number of piperidine rings is 1. The first-order valence-corrected chi connectivity index (χ1v) is 7.29. The van der Waals surface area contributed by atoms with E-state index in [-0.39, 0.29) is 5.91 Å². The SMILES string of the molecule is O=C1CCCCN1c1ccccc1-c1cccc(Cl)c1. The number of para-hydroxylation sites is 1. The number of carbonyl (C=O) groups is 1. The molecular formula is C17H16ClNO. The predicted molar refractivity (Wildman–Crippen MR) is 83.1 cm³/mol. The molecule has 1 aliphatic heterocycles. The van der Waals surface area contributed by atoms with E-state index in [9.17, 15) is 4.79 Å². The normalized spacial score (nSPS) is 15.4. The van der Waals surface area contributed by atoms with Gasteiger partial charge in [-0.25, -0.2) is 0 Å². The highest BCUT2D eigenvalue weighted by molar-refractivity contribution is 6.30. The van der Waals surface area contributed by atoms with Gasteiger partial charge in [-0.3, -0.25) is 4.79 Å². The summed E-state index contributed by atoms with van der Waals surface area (Å²) in [7, 11) is 0. The minimum absolute atomic E-state index is 0.214. The van der Waals surface area contributed by atoms with Crippen molar-refractivity contribution in [3.63, 3.8) is 0 Å². The van der Waals surface area contributed by atoms with Crippen LogP contribution < -0.4 is 4.90 Å². The molecule has 20 heavy (non-hydrogen) atoms. The summed E-state index contributed by atoms with van der Waals surface area (Å²) in [5.74, 6) is 0.214. The third kappa shape index (κ3) is 2.56. The van der Waals surface area contributed by atoms with Crippen LogP contribution in [-0.4, -0.2) is 12.5 Å². The molecule has 2 nitrogen and oxygen atoms in total. The van der Waals surface area contributed by atoms with Crippen LogP contribution >= 0.6 is 11.6 Å². The van der Waals surface area contributed by atoms with Crippen molar-refractivity contribution in [1.82, 2.24) is 0 Å². The first kappa shape index (κ1) is 13.2. The van der Waals surface area contributed by atoms with Crippen LogP contribution in [0, 0.1) is 0 Å². The summed E-state index contributed by atoms with van der Waals surface area (Å²) in [6.45, 7) is 0.802. The molecule has 0 bridgehead atoms. The summed E-state index contributed by atoms with van der Waals surface area (Å²) in [6, 6.07) is 15.8. The first-order chi connectivity index (χ1) is 9.75. The first-order valence-electron chi connectivity index (χ1n) is 6.91. The highest BCUT2D eigenvalue weighted by Crippen LogP contribution is 2.33. The zero-order valence-electron chi connectivity index (χ0n) is 11.2. The van der Waals surface area contributed by atoms with Crippen LogP contribution in [0.25, 0.3) is 11.1 Å². The molecule has 1 heterocycles. The molecule has 3 rings (SSSR count). The van der Waals surface area contributed by atoms with Crippen LogP contribution in [0.1, 0.15) is 19.3 Å². The number of carbonyl (C=O) groups excluding carboxylic acids is 1. The summed E-state index contributed by atoms with van der Waals surface area (Å²) >= 11 is 6.08. The Bertz CT molecular complexity index is 638. The van der Waals surface area contributed by atoms with Crippen molar-refractivity contribution in [3.8, 4) is 11.1 Å². The van der Waals surface area contributed by atoms with Crippen LogP contribution in [0.3, 0.4) is 0 Å². The van der Waals surface area contributed by atoms with Gasteiger partial charge in [-0.1, -0.05) is 41.9 Å². The molecule has 1 aliphatic rings. The maximum Gasteiger partial charge on any atom is 0.226 e. The lowest BCUT2D eigenvalue weighted by atomic mass is 10.0. The fraction of sp³-hybridized carbons (Fsp3) is 0.235. The van der Waals surface area contributed by atoms with Crippen molar-refractivity contribution in [2.45, 2.75) is 19.3 Å². The summed E-state index contributed by atoms with van der Waals surface area (Å²) in [5.41, 5.74) is 3.09. The van der Waals surface area contributed by atoms with Crippen LogP contribution in [0.5, 0.6) is 0 Å². The maximum atomic E-state index is 12.1. The predicted octanol–water partition coefficient (Wildman–Crippen LogP) is 4.52. The van der Waals surface area contributed by atoms with E-state index in [0.717, 1.165) is 36.2 Å². The van der Waals surface area contributed by atoms with Crippen molar-refractivity contribution in [3.05, 3.63) is 53.6 Å². The van der Waals surface area contributed by atoms with Gasteiger partial charge in [-0.2, -0.15) is 0 Å². The van der Waals surface area contributed by atoms with E-state index in [1.807, 2.05) is 53.4 Å². The van der Waals surface area contributed by atoms with E-state index in [1.165, 1.54) is 0 Å². The van der Waals surface area contributed by atoms with E-state index in [1.54, 1.807) is 0 Å². The Balaban J connectivity index is 2.06. The van der Waals surface area contributed by atoms with Crippen molar-refractivity contribution >= 4 is 23.2 Å². The number of halogens is 1. The second-order valence-electron chi connectivity index (χ2n) is 5.03. The number of rotatable bonds is 2. The monoisotopic (exact) mass is 285 g/mol. The number of benzene rings is 2. The molecule has 2 aromatic carbocycles. The Morgan fingerprint density at radius 2 is 1.85 bits per heavy atom. The minimum Gasteiger partial charge on any atom is -0.312 e. The Hall–Kier alpha value is -1.80. The van der Waals surface area contributed by atoms with Gasteiger partial charge in [0.1, 0.15) is 0 Å². The second-order valence-corrected chi connectivity index (χ2v) is 5.47. The molecule has 0 unspecified atom stereocenters. The van der Waals surface area contributed by atoms with Crippen LogP contribution in [0.15, 0.2) is 48.5 Å². The van der Waals surface area contributed by atoms with Crippen molar-refractivity contribution in [2.75, 3.05) is 11.4 Å². The molecule has 0 spiro atoms. The molecule has 2 aromatic rings. The molecule has 102 valence electrons. The fourth-order valence-electron chi connectivity index (χ4n) is 2.67. The third-order valence-corrected chi connectivity index (χ3v) is 3.89. The standard InChI is InChI=1S/C17H16ClNO/c18-14-7-5-6-13(12-14)15-8-1-2-9-16(15)19-11-4-3-10-17(19)20/h1-2,5-9,12H,3-4,10-11H2. The number of nitrogens with zero attached hydrogens (tertiary/aromatic N) is 1.